The van der Waals surface area contributed by atoms with Crippen LogP contribution in [0.25, 0.3) is 0 Å². The molecule has 0 aromatic heterocycles. The maximum atomic E-state index is 12.3. The van der Waals surface area contributed by atoms with Gasteiger partial charge in [0.05, 0.1) is 6.42 Å². The third kappa shape index (κ3) is 34.1. The van der Waals surface area contributed by atoms with Crippen molar-refractivity contribution in [3.63, 3.8) is 0 Å². The summed E-state index contributed by atoms with van der Waals surface area (Å²) in [5.41, 5.74) is 0. The average Bonchev–Trinajstić information content (AvgIpc) is 3.00. The molecule has 0 bridgehead atoms. The number of esters is 1. The quantitative estimate of drug-likeness (QED) is 0.0466. The summed E-state index contributed by atoms with van der Waals surface area (Å²) in [6.07, 6.45) is 48.1. The molecule has 44 heavy (non-hydrogen) atoms. The van der Waals surface area contributed by atoms with E-state index in [4.69, 9.17) is 4.74 Å². The molecule has 1 unspecified atom stereocenters. The van der Waals surface area contributed by atoms with Gasteiger partial charge in [-0.3, -0.25) is 9.59 Å². The van der Waals surface area contributed by atoms with Crippen molar-refractivity contribution in [3.05, 3.63) is 60.8 Å². The zero-order valence-electron chi connectivity index (χ0n) is 28.7. The van der Waals surface area contributed by atoms with E-state index < -0.39 is 12.1 Å². The summed E-state index contributed by atoms with van der Waals surface area (Å²) < 4.78 is 5.54. The molecule has 0 aromatic rings. The number of hydrogen-bond acceptors (Lipinski definition) is 3. The van der Waals surface area contributed by atoms with Crippen LogP contribution in [-0.4, -0.2) is 23.1 Å². The van der Waals surface area contributed by atoms with Gasteiger partial charge < -0.3 is 9.84 Å². The minimum Gasteiger partial charge on any atom is -0.481 e. The van der Waals surface area contributed by atoms with E-state index in [0.717, 1.165) is 57.8 Å². The van der Waals surface area contributed by atoms with Crippen molar-refractivity contribution in [2.45, 2.75) is 180 Å². The highest BCUT2D eigenvalue weighted by atomic mass is 16.5. The number of rotatable bonds is 32. The first-order valence-corrected chi connectivity index (χ1v) is 18.3. The molecule has 0 amide bonds. The van der Waals surface area contributed by atoms with Gasteiger partial charge in [0, 0.05) is 6.42 Å². The Morgan fingerprint density at radius 2 is 0.955 bits per heavy atom. The fourth-order valence-corrected chi connectivity index (χ4v) is 5.12. The van der Waals surface area contributed by atoms with E-state index in [2.05, 4.69) is 74.6 Å². The molecule has 0 rings (SSSR count). The number of allylic oxidation sites excluding steroid dienone is 10. The minimum absolute atomic E-state index is 0.0981. The van der Waals surface area contributed by atoms with Crippen molar-refractivity contribution in [2.75, 3.05) is 0 Å². The SMILES string of the molecule is CC/C=C\C/C=C\C/C=C\C/C=C\C/C=C\CCCC(=O)OC(CCCCCCCCCCCCCCCCC)CC(=O)O. The number of unbranched alkanes of at least 4 members (excludes halogenated alkanes) is 15. The summed E-state index contributed by atoms with van der Waals surface area (Å²) in [6.45, 7) is 4.42. The third-order valence-electron chi connectivity index (χ3n) is 7.74. The highest BCUT2D eigenvalue weighted by Gasteiger charge is 2.17. The molecule has 0 fully saturated rings. The fourth-order valence-electron chi connectivity index (χ4n) is 5.12. The highest BCUT2D eigenvalue weighted by Crippen LogP contribution is 2.16. The van der Waals surface area contributed by atoms with Crippen LogP contribution in [0.2, 0.25) is 0 Å². The fraction of sp³-hybridized carbons (Fsp3) is 0.700. The molecule has 0 heterocycles. The molecule has 1 N–H and O–H groups in total. The number of ether oxygens (including phenoxy) is 1. The van der Waals surface area contributed by atoms with Gasteiger partial charge in [-0.25, -0.2) is 0 Å². The van der Waals surface area contributed by atoms with E-state index >= 15 is 0 Å². The van der Waals surface area contributed by atoms with Crippen LogP contribution in [0.15, 0.2) is 60.8 Å². The molecule has 0 aliphatic heterocycles. The Labute approximate surface area is 272 Å². The molecule has 0 spiro atoms. The van der Waals surface area contributed by atoms with Crippen LogP contribution in [0, 0.1) is 0 Å². The van der Waals surface area contributed by atoms with Gasteiger partial charge >= 0.3 is 11.9 Å². The second kappa shape index (κ2) is 35.1. The Morgan fingerprint density at radius 1 is 0.545 bits per heavy atom. The number of hydrogen-bond donors (Lipinski definition) is 1. The number of carbonyl (C=O) groups excluding carboxylic acids is 1. The van der Waals surface area contributed by atoms with Crippen molar-refractivity contribution in [2.24, 2.45) is 0 Å². The first kappa shape index (κ1) is 41.6. The van der Waals surface area contributed by atoms with Crippen LogP contribution in [0.1, 0.15) is 174 Å². The largest absolute Gasteiger partial charge is 0.481 e. The molecule has 0 saturated carbocycles. The Bertz CT molecular complexity index is 789. The summed E-state index contributed by atoms with van der Waals surface area (Å²) in [5.74, 6) is -1.17. The highest BCUT2D eigenvalue weighted by molar-refractivity contribution is 5.71. The Balaban J connectivity index is 3.80. The molecule has 252 valence electrons. The zero-order valence-corrected chi connectivity index (χ0v) is 28.7. The molecule has 1 atom stereocenters. The number of aliphatic carboxylic acids is 1. The number of carboxylic acids is 1. The monoisotopic (exact) mass is 613 g/mol. The third-order valence-corrected chi connectivity index (χ3v) is 7.74. The molecule has 0 aliphatic carbocycles. The van der Waals surface area contributed by atoms with Crippen LogP contribution in [0.5, 0.6) is 0 Å². The summed E-state index contributed by atoms with van der Waals surface area (Å²) >= 11 is 0. The standard InChI is InChI=1S/C40H68O4/c1-3-5-7-9-11-13-15-17-19-20-22-24-26-28-30-32-34-36-40(43)44-38(37-39(41)42)35-33-31-29-27-25-23-21-18-16-14-12-10-8-6-4-2/h5,7,11,13,17,19,22,24,28,30,38H,3-4,6,8-10,12,14-16,18,20-21,23,25-27,29,31-37H2,1-2H3,(H,41,42)/b7-5-,13-11-,19-17-,24-22-,30-28-. The maximum Gasteiger partial charge on any atom is 0.307 e. The second-order valence-corrected chi connectivity index (χ2v) is 12.0. The van der Waals surface area contributed by atoms with Crippen LogP contribution in [-0.2, 0) is 14.3 Å². The van der Waals surface area contributed by atoms with Gasteiger partial charge in [-0.15, -0.1) is 0 Å². The predicted molar refractivity (Wildman–Crippen MR) is 190 cm³/mol. The molecular weight excluding hydrogens is 544 g/mol. The molecular formula is C40H68O4. The molecule has 0 aliphatic rings. The van der Waals surface area contributed by atoms with E-state index in [0.29, 0.717) is 12.8 Å². The maximum absolute atomic E-state index is 12.3. The summed E-state index contributed by atoms with van der Waals surface area (Å²) in [6, 6.07) is 0. The van der Waals surface area contributed by atoms with E-state index in [-0.39, 0.29) is 12.4 Å². The number of carbonyl (C=O) groups is 2. The Hall–Kier alpha value is -2.36. The predicted octanol–water partition coefficient (Wildman–Crippen LogP) is 12.6. The molecule has 0 saturated heterocycles. The average molecular weight is 613 g/mol. The van der Waals surface area contributed by atoms with Gasteiger partial charge in [-0.2, -0.15) is 0 Å². The minimum atomic E-state index is -0.900. The van der Waals surface area contributed by atoms with Crippen LogP contribution >= 0.6 is 0 Å². The first-order valence-electron chi connectivity index (χ1n) is 18.3. The lowest BCUT2D eigenvalue weighted by atomic mass is 10.0. The van der Waals surface area contributed by atoms with Gasteiger partial charge in [0.25, 0.3) is 0 Å². The van der Waals surface area contributed by atoms with Gasteiger partial charge in [0.2, 0.25) is 0 Å². The topological polar surface area (TPSA) is 63.6 Å². The lowest BCUT2D eigenvalue weighted by molar-refractivity contribution is -0.153. The summed E-state index contributed by atoms with van der Waals surface area (Å²) in [4.78, 5) is 23.6. The lowest BCUT2D eigenvalue weighted by Gasteiger charge is -2.16. The van der Waals surface area contributed by atoms with Gasteiger partial charge in [-0.05, 0) is 57.8 Å². The van der Waals surface area contributed by atoms with Crippen molar-refractivity contribution in [1.82, 2.24) is 0 Å². The van der Waals surface area contributed by atoms with Crippen molar-refractivity contribution in [1.29, 1.82) is 0 Å². The number of carboxylic acid groups (broad SMARTS) is 1. The van der Waals surface area contributed by atoms with Gasteiger partial charge in [-0.1, -0.05) is 164 Å². The molecule has 0 aromatic carbocycles. The Kier molecular flexibility index (Phi) is 33.2. The van der Waals surface area contributed by atoms with Crippen molar-refractivity contribution < 1.29 is 19.4 Å². The van der Waals surface area contributed by atoms with Crippen molar-refractivity contribution >= 4 is 11.9 Å². The van der Waals surface area contributed by atoms with E-state index in [1.807, 2.05) is 0 Å². The second-order valence-electron chi connectivity index (χ2n) is 12.0. The molecule has 4 heteroatoms. The summed E-state index contributed by atoms with van der Waals surface area (Å²) in [5, 5.41) is 9.24. The summed E-state index contributed by atoms with van der Waals surface area (Å²) in [7, 11) is 0. The van der Waals surface area contributed by atoms with Gasteiger partial charge in [0.15, 0.2) is 0 Å². The van der Waals surface area contributed by atoms with Crippen LogP contribution in [0.3, 0.4) is 0 Å². The Morgan fingerprint density at radius 3 is 1.39 bits per heavy atom. The molecule has 0 radical (unpaired) electrons. The normalized spacial score (nSPS) is 13.0. The first-order chi connectivity index (χ1) is 21.6. The molecule has 4 nitrogen and oxygen atoms in total. The van der Waals surface area contributed by atoms with Crippen LogP contribution in [0.4, 0.5) is 0 Å². The van der Waals surface area contributed by atoms with E-state index in [1.54, 1.807) is 0 Å². The zero-order chi connectivity index (χ0) is 32.2. The van der Waals surface area contributed by atoms with Crippen molar-refractivity contribution in [3.8, 4) is 0 Å². The lowest BCUT2D eigenvalue weighted by Crippen LogP contribution is -2.21. The van der Waals surface area contributed by atoms with Crippen LogP contribution < -0.4 is 0 Å². The van der Waals surface area contributed by atoms with E-state index in [9.17, 15) is 14.7 Å². The smallest absolute Gasteiger partial charge is 0.307 e. The van der Waals surface area contributed by atoms with Gasteiger partial charge in [0.1, 0.15) is 6.10 Å². The van der Waals surface area contributed by atoms with E-state index in [1.165, 1.54) is 83.5 Å².